The molecule has 1 aliphatic heterocycles. The summed E-state index contributed by atoms with van der Waals surface area (Å²) in [5, 5.41) is 4.40. The second-order valence-corrected chi connectivity index (χ2v) is 9.99. The number of amides is 1. The first kappa shape index (κ1) is 22.8. The highest BCUT2D eigenvalue weighted by Crippen LogP contribution is 2.39. The average molecular weight is 440 g/mol. The van der Waals surface area contributed by atoms with Crippen LogP contribution in [0.15, 0.2) is 28.8 Å². The van der Waals surface area contributed by atoms with Gasteiger partial charge in [0.1, 0.15) is 11.5 Å². The van der Waals surface area contributed by atoms with Gasteiger partial charge >= 0.3 is 0 Å². The molecule has 0 radical (unpaired) electrons. The van der Waals surface area contributed by atoms with Crippen molar-refractivity contribution in [3.8, 4) is 5.75 Å². The first-order valence-corrected chi connectivity index (χ1v) is 11.9. The number of carbonyl (C=O) groups is 1. The molecule has 174 valence electrons. The van der Waals surface area contributed by atoms with Crippen LogP contribution in [-0.4, -0.2) is 55.2 Å². The van der Waals surface area contributed by atoms with Crippen molar-refractivity contribution in [2.24, 2.45) is 5.41 Å². The quantitative estimate of drug-likeness (QED) is 0.633. The molecule has 1 amide bonds. The van der Waals surface area contributed by atoms with Crippen LogP contribution in [-0.2, 0) is 17.8 Å². The topological polar surface area (TPSA) is 58.8 Å². The number of ether oxygens (including phenoxy) is 1. The number of hydrogen-bond donors (Lipinski definition) is 0. The summed E-state index contributed by atoms with van der Waals surface area (Å²) in [6.07, 6.45) is 7.67. The van der Waals surface area contributed by atoms with E-state index in [9.17, 15) is 4.79 Å². The average Bonchev–Trinajstić information content (AvgIpc) is 3.43. The van der Waals surface area contributed by atoms with E-state index >= 15 is 0 Å². The Balaban J connectivity index is 1.51. The van der Waals surface area contributed by atoms with Gasteiger partial charge in [-0.05, 0) is 44.4 Å². The van der Waals surface area contributed by atoms with Crippen LogP contribution in [0, 0.1) is 12.3 Å². The van der Waals surface area contributed by atoms with Gasteiger partial charge in [0.05, 0.1) is 18.2 Å². The van der Waals surface area contributed by atoms with Crippen LogP contribution < -0.4 is 4.74 Å². The first-order chi connectivity index (χ1) is 15.4. The van der Waals surface area contributed by atoms with Crippen LogP contribution in [0.2, 0.25) is 0 Å². The zero-order valence-corrected chi connectivity index (χ0v) is 20.0. The van der Waals surface area contributed by atoms with E-state index in [1.165, 1.54) is 37.7 Å². The molecule has 1 aliphatic carbocycles. The van der Waals surface area contributed by atoms with Gasteiger partial charge in [-0.1, -0.05) is 36.6 Å². The maximum Gasteiger partial charge on any atom is 0.230 e. The molecule has 6 nitrogen and oxygen atoms in total. The number of carbonyl (C=O) groups excluding carboxylic acids is 1. The SMILES string of the molecule is COc1cc(C)ccc1CN1CC[C@](Cc2cc(C3CCCCC3)no2)(C(=O)N(C)C)C1. The molecular formula is C26H37N3O3. The molecule has 1 saturated heterocycles. The van der Waals surface area contributed by atoms with Crippen LogP contribution in [0.25, 0.3) is 0 Å². The zero-order chi connectivity index (χ0) is 22.7. The molecule has 1 aromatic heterocycles. The fraction of sp³-hybridized carbons (Fsp3) is 0.615. The molecular weight excluding hydrogens is 402 g/mol. The lowest BCUT2D eigenvalue weighted by molar-refractivity contribution is -0.139. The van der Waals surface area contributed by atoms with E-state index in [1.54, 1.807) is 12.0 Å². The highest BCUT2D eigenvalue weighted by molar-refractivity contribution is 5.83. The van der Waals surface area contributed by atoms with E-state index < -0.39 is 5.41 Å². The Bertz CT molecular complexity index is 932. The van der Waals surface area contributed by atoms with E-state index in [4.69, 9.17) is 9.26 Å². The summed E-state index contributed by atoms with van der Waals surface area (Å²) in [6, 6.07) is 8.44. The molecule has 2 fully saturated rings. The van der Waals surface area contributed by atoms with Crippen molar-refractivity contribution < 1.29 is 14.1 Å². The summed E-state index contributed by atoms with van der Waals surface area (Å²) in [5.41, 5.74) is 2.94. The minimum absolute atomic E-state index is 0.173. The van der Waals surface area contributed by atoms with Crippen molar-refractivity contribution >= 4 is 5.91 Å². The minimum atomic E-state index is -0.481. The molecule has 2 aromatic rings. The molecule has 4 rings (SSSR count). The summed E-state index contributed by atoms with van der Waals surface area (Å²) in [7, 11) is 5.42. The Kier molecular flexibility index (Phi) is 6.89. The molecule has 0 bridgehead atoms. The Morgan fingerprint density at radius 3 is 2.75 bits per heavy atom. The number of aromatic nitrogens is 1. The Morgan fingerprint density at radius 2 is 2.03 bits per heavy atom. The van der Waals surface area contributed by atoms with Gasteiger partial charge in [-0.15, -0.1) is 0 Å². The number of nitrogens with zero attached hydrogens (tertiary/aromatic N) is 3. The van der Waals surface area contributed by atoms with Gasteiger partial charge in [0.15, 0.2) is 0 Å². The van der Waals surface area contributed by atoms with Crippen molar-refractivity contribution in [3.63, 3.8) is 0 Å². The second-order valence-electron chi connectivity index (χ2n) is 9.99. The fourth-order valence-corrected chi connectivity index (χ4v) is 5.52. The minimum Gasteiger partial charge on any atom is -0.496 e. The molecule has 1 aromatic carbocycles. The van der Waals surface area contributed by atoms with Gasteiger partial charge in [-0.25, -0.2) is 0 Å². The zero-order valence-electron chi connectivity index (χ0n) is 20.0. The molecule has 2 aliphatic rings. The van der Waals surface area contributed by atoms with Crippen LogP contribution >= 0.6 is 0 Å². The van der Waals surface area contributed by atoms with Crippen LogP contribution in [0.5, 0.6) is 5.75 Å². The fourth-order valence-electron chi connectivity index (χ4n) is 5.52. The summed E-state index contributed by atoms with van der Waals surface area (Å²) in [5.74, 6) is 2.44. The Hall–Kier alpha value is -2.34. The van der Waals surface area contributed by atoms with Gasteiger partial charge in [0, 0.05) is 51.2 Å². The predicted molar refractivity (Wildman–Crippen MR) is 125 cm³/mol. The lowest BCUT2D eigenvalue weighted by atomic mass is 9.80. The molecule has 0 N–H and O–H groups in total. The largest absolute Gasteiger partial charge is 0.496 e. The molecule has 6 heteroatoms. The smallest absolute Gasteiger partial charge is 0.230 e. The monoisotopic (exact) mass is 439 g/mol. The van der Waals surface area contributed by atoms with E-state index in [0.29, 0.717) is 18.9 Å². The molecule has 32 heavy (non-hydrogen) atoms. The highest BCUT2D eigenvalue weighted by Gasteiger charge is 2.46. The third-order valence-corrected chi connectivity index (χ3v) is 7.24. The third-order valence-electron chi connectivity index (χ3n) is 7.24. The highest BCUT2D eigenvalue weighted by atomic mass is 16.5. The number of hydrogen-bond acceptors (Lipinski definition) is 5. The van der Waals surface area contributed by atoms with Crippen molar-refractivity contribution in [2.45, 2.75) is 64.3 Å². The predicted octanol–water partition coefficient (Wildman–Crippen LogP) is 4.56. The lowest BCUT2D eigenvalue weighted by Crippen LogP contribution is -2.43. The van der Waals surface area contributed by atoms with E-state index in [1.807, 2.05) is 14.1 Å². The lowest BCUT2D eigenvalue weighted by Gasteiger charge is -2.30. The summed E-state index contributed by atoms with van der Waals surface area (Å²) in [4.78, 5) is 17.5. The third kappa shape index (κ3) is 4.85. The van der Waals surface area contributed by atoms with E-state index in [-0.39, 0.29) is 5.91 Å². The number of benzene rings is 1. The number of rotatable bonds is 7. The maximum atomic E-state index is 13.4. The Labute approximate surface area is 191 Å². The van der Waals surface area contributed by atoms with Crippen molar-refractivity contribution in [2.75, 3.05) is 34.3 Å². The van der Waals surface area contributed by atoms with Gasteiger partial charge < -0.3 is 14.2 Å². The molecule has 1 atom stereocenters. The summed E-state index contributed by atoms with van der Waals surface area (Å²) in [6.45, 7) is 4.43. The first-order valence-electron chi connectivity index (χ1n) is 11.9. The number of methoxy groups -OCH3 is 1. The number of likely N-dealkylation sites (tertiary alicyclic amines) is 1. The molecule has 0 spiro atoms. The van der Waals surface area contributed by atoms with Crippen molar-refractivity contribution in [1.29, 1.82) is 0 Å². The normalized spacial score (nSPS) is 22.2. The van der Waals surface area contributed by atoms with Crippen molar-refractivity contribution in [3.05, 3.63) is 46.8 Å². The van der Waals surface area contributed by atoms with Crippen LogP contribution in [0.4, 0.5) is 0 Å². The van der Waals surface area contributed by atoms with Crippen molar-refractivity contribution in [1.82, 2.24) is 15.0 Å². The van der Waals surface area contributed by atoms with Gasteiger partial charge in [-0.3, -0.25) is 9.69 Å². The molecule has 0 unspecified atom stereocenters. The summed E-state index contributed by atoms with van der Waals surface area (Å²) < 4.78 is 11.4. The standard InChI is InChI=1S/C26H37N3O3/c1-19-10-11-21(24(14-19)31-4)17-29-13-12-26(18-29,25(30)28(2)3)16-22-15-23(27-32-22)20-8-6-5-7-9-20/h10-11,14-15,20H,5-9,12-13,16-18H2,1-4H3/t26-/m1/s1. The number of aryl methyl sites for hydroxylation is 1. The molecule has 1 saturated carbocycles. The summed E-state index contributed by atoms with van der Waals surface area (Å²) >= 11 is 0. The Morgan fingerprint density at radius 1 is 1.25 bits per heavy atom. The van der Waals surface area contributed by atoms with Gasteiger partial charge in [0.2, 0.25) is 5.91 Å². The van der Waals surface area contributed by atoms with Gasteiger partial charge in [0.25, 0.3) is 0 Å². The second kappa shape index (κ2) is 9.65. The van der Waals surface area contributed by atoms with E-state index in [2.05, 4.69) is 41.2 Å². The maximum absolute atomic E-state index is 13.4. The van der Waals surface area contributed by atoms with E-state index in [0.717, 1.165) is 42.3 Å². The molecule has 2 heterocycles. The van der Waals surface area contributed by atoms with Gasteiger partial charge in [-0.2, -0.15) is 0 Å². The van der Waals surface area contributed by atoms with Crippen LogP contribution in [0.3, 0.4) is 0 Å². The van der Waals surface area contributed by atoms with Crippen LogP contribution in [0.1, 0.15) is 67.0 Å².